The Balaban J connectivity index is 1.53. The smallest absolute Gasteiger partial charge is 0.225 e. The maximum Gasteiger partial charge on any atom is 0.225 e. The summed E-state index contributed by atoms with van der Waals surface area (Å²) in [6.07, 6.45) is 4.73. The minimum absolute atomic E-state index is 0.0916. The highest BCUT2D eigenvalue weighted by molar-refractivity contribution is 5.79. The summed E-state index contributed by atoms with van der Waals surface area (Å²) in [6, 6.07) is 5.45. The number of carbonyl (C=O) groups is 1. The van der Waals surface area contributed by atoms with Gasteiger partial charge in [0.05, 0.1) is 6.10 Å². The molecule has 2 fully saturated rings. The monoisotopic (exact) mass is 319 g/mol. The van der Waals surface area contributed by atoms with Crippen molar-refractivity contribution in [2.75, 3.05) is 13.1 Å². The molecule has 1 aliphatic carbocycles. The molecule has 1 aromatic carbocycles. The number of hydrogen-bond donors (Lipinski definition) is 1. The van der Waals surface area contributed by atoms with Crippen LogP contribution < -0.4 is 0 Å². The predicted octanol–water partition coefficient (Wildman–Crippen LogP) is 3.08. The van der Waals surface area contributed by atoms with E-state index in [2.05, 4.69) is 0 Å². The van der Waals surface area contributed by atoms with E-state index in [4.69, 9.17) is 0 Å². The first kappa shape index (κ1) is 16.4. The summed E-state index contributed by atoms with van der Waals surface area (Å²) in [6.45, 7) is 3.38. The van der Waals surface area contributed by atoms with Gasteiger partial charge >= 0.3 is 0 Å². The summed E-state index contributed by atoms with van der Waals surface area (Å²) in [5.41, 5.74) is 1.70. The molecule has 4 heteroatoms. The molecule has 1 amide bonds. The van der Waals surface area contributed by atoms with Crippen molar-refractivity contribution in [1.29, 1.82) is 0 Å². The van der Waals surface area contributed by atoms with Gasteiger partial charge < -0.3 is 10.0 Å². The Labute approximate surface area is 137 Å². The molecule has 2 aliphatic rings. The number of rotatable bonds is 3. The van der Waals surface area contributed by atoms with Gasteiger partial charge in [0.2, 0.25) is 5.91 Å². The second kappa shape index (κ2) is 7.00. The van der Waals surface area contributed by atoms with Gasteiger partial charge in [0.25, 0.3) is 0 Å². The molecule has 0 radical (unpaired) electrons. The Bertz CT molecular complexity index is 566. The van der Waals surface area contributed by atoms with E-state index in [1.165, 1.54) is 0 Å². The fourth-order valence-electron chi connectivity index (χ4n) is 3.88. The van der Waals surface area contributed by atoms with Crippen LogP contribution in [-0.4, -0.2) is 35.1 Å². The van der Waals surface area contributed by atoms with E-state index in [0.717, 1.165) is 57.2 Å². The summed E-state index contributed by atoms with van der Waals surface area (Å²) >= 11 is 0. The molecule has 1 heterocycles. The summed E-state index contributed by atoms with van der Waals surface area (Å²) in [4.78, 5) is 14.6. The van der Waals surface area contributed by atoms with Crippen LogP contribution in [0.3, 0.4) is 0 Å². The molecule has 23 heavy (non-hydrogen) atoms. The predicted molar refractivity (Wildman–Crippen MR) is 87.5 cm³/mol. The molecular formula is C19H26FNO2. The Morgan fingerprint density at radius 2 is 2.00 bits per heavy atom. The highest BCUT2D eigenvalue weighted by atomic mass is 19.1. The Morgan fingerprint density at radius 1 is 1.26 bits per heavy atom. The highest BCUT2D eigenvalue weighted by Gasteiger charge is 2.32. The maximum atomic E-state index is 13.6. The third-order valence-electron chi connectivity index (χ3n) is 5.40. The molecule has 1 saturated heterocycles. The Morgan fingerprint density at radius 3 is 2.70 bits per heavy atom. The lowest BCUT2D eigenvalue weighted by molar-refractivity contribution is -0.136. The molecule has 0 bridgehead atoms. The average molecular weight is 319 g/mol. The summed E-state index contributed by atoms with van der Waals surface area (Å²) in [5, 5.41) is 9.57. The van der Waals surface area contributed by atoms with Gasteiger partial charge in [-0.15, -0.1) is 0 Å². The van der Waals surface area contributed by atoms with Gasteiger partial charge in [0.15, 0.2) is 0 Å². The van der Waals surface area contributed by atoms with Crippen LogP contribution in [0.15, 0.2) is 18.2 Å². The van der Waals surface area contributed by atoms with E-state index in [0.29, 0.717) is 11.5 Å². The third kappa shape index (κ3) is 3.92. The number of aryl methyl sites for hydroxylation is 1. The van der Waals surface area contributed by atoms with E-state index in [1.807, 2.05) is 17.0 Å². The van der Waals surface area contributed by atoms with Crippen LogP contribution >= 0.6 is 0 Å². The molecule has 1 atom stereocenters. The maximum absolute atomic E-state index is 13.6. The lowest BCUT2D eigenvalue weighted by atomic mass is 9.86. The third-order valence-corrected chi connectivity index (χ3v) is 5.40. The van der Waals surface area contributed by atoms with Crippen molar-refractivity contribution in [3.8, 4) is 0 Å². The van der Waals surface area contributed by atoms with Crippen LogP contribution in [0, 0.1) is 24.6 Å². The van der Waals surface area contributed by atoms with E-state index in [9.17, 15) is 14.3 Å². The summed E-state index contributed by atoms with van der Waals surface area (Å²) in [5.74, 6) is 0.632. The van der Waals surface area contributed by atoms with Crippen LogP contribution in [0.2, 0.25) is 0 Å². The van der Waals surface area contributed by atoms with Crippen LogP contribution in [0.5, 0.6) is 0 Å². The van der Waals surface area contributed by atoms with Crippen LogP contribution in [0.25, 0.3) is 0 Å². The molecule has 1 aromatic rings. The normalized spacial score (nSPS) is 28.1. The first-order valence-corrected chi connectivity index (χ1v) is 8.75. The number of benzene rings is 1. The fourth-order valence-corrected chi connectivity index (χ4v) is 3.88. The molecule has 0 aromatic heterocycles. The van der Waals surface area contributed by atoms with Gasteiger partial charge in [-0.2, -0.15) is 0 Å². The van der Waals surface area contributed by atoms with Crippen molar-refractivity contribution in [1.82, 2.24) is 4.90 Å². The summed E-state index contributed by atoms with van der Waals surface area (Å²) < 4.78 is 13.6. The van der Waals surface area contributed by atoms with Crippen molar-refractivity contribution in [2.45, 2.75) is 51.6 Å². The first-order chi connectivity index (χ1) is 11.0. The van der Waals surface area contributed by atoms with Gasteiger partial charge in [-0.25, -0.2) is 4.39 Å². The SMILES string of the molecule is Cc1ccc(CC2CCN(C(=O)C3CCC(O)CC3)C2)cc1F. The summed E-state index contributed by atoms with van der Waals surface area (Å²) in [7, 11) is 0. The van der Waals surface area contributed by atoms with Crippen LogP contribution in [-0.2, 0) is 11.2 Å². The number of likely N-dealkylation sites (tertiary alicyclic amines) is 1. The number of aliphatic hydroxyl groups excluding tert-OH is 1. The number of carbonyl (C=O) groups excluding carboxylic acids is 1. The van der Waals surface area contributed by atoms with Crippen LogP contribution in [0.4, 0.5) is 4.39 Å². The average Bonchev–Trinajstić information content (AvgIpc) is 2.99. The van der Waals surface area contributed by atoms with Crippen molar-refractivity contribution in [2.24, 2.45) is 11.8 Å². The van der Waals surface area contributed by atoms with Gasteiger partial charge in [0, 0.05) is 19.0 Å². The van der Waals surface area contributed by atoms with E-state index >= 15 is 0 Å². The molecule has 1 N–H and O–H groups in total. The second-order valence-corrected chi connectivity index (χ2v) is 7.23. The highest BCUT2D eigenvalue weighted by Crippen LogP contribution is 2.29. The zero-order chi connectivity index (χ0) is 16.4. The largest absolute Gasteiger partial charge is 0.393 e. The van der Waals surface area contributed by atoms with Gasteiger partial charge in [-0.3, -0.25) is 4.79 Å². The van der Waals surface area contributed by atoms with Gasteiger partial charge in [0.1, 0.15) is 5.82 Å². The van der Waals surface area contributed by atoms with Crippen molar-refractivity contribution >= 4 is 5.91 Å². The zero-order valence-electron chi connectivity index (χ0n) is 13.8. The molecule has 3 nitrogen and oxygen atoms in total. The Kier molecular flexibility index (Phi) is 5.00. The lowest BCUT2D eigenvalue weighted by Gasteiger charge is -2.28. The standard InChI is InChI=1S/C19H26FNO2/c1-13-2-3-14(11-18(13)20)10-15-8-9-21(12-15)19(23)16-4-6-17(22)7-5-16/h2-3,11,15-17,22H,4-10,12H2,1H3. The first-order valence-electron chi connectivity index (χ1n) is 8.75. The number of halogens is 1. The molecule has 1 saturated carbocycles. The van der Waals surface area contributed by atoms with Crippen molar-refractivity contribution in [3.63, 3.8) is 0 Å². The molecule has 0 spiro atoms. The second-order valence-electron chi connectivity index (χ2n) is 7.23. The number of amides is 1. The van der Waals surface area contributed by atoms with Crippen molar-refractivity contribution in [3.05, 3.63) is 35.1 Å². The topological polar surface area (TPSA) is 40.5 Å². The zero-order valence-corrected chi connectivity index (χ0v) is 13.8. The molecular weight excluding hydrogens is 293 g/mol. The quantitative estimate of drug-likeness (QED) is 0.930. The number of hydrogen-bond acceptors (Lipinski definition) is 2. The van der Waals surface area contributed by atoms with Gasteiger partial charge in [-0.1, -0.05) is 12.1 Å². The van der Waals surface area contributed by atoms with Crippen LogP contribution in [0.1, 0.15) is 43.2 Å². The molecule has 126 valence electrons. The Hall–Kier alpha value is -1.42. The molecule has 3 rings (SSSR count). The van der Waals surface area contributed by atoms with E-state index in [1.54, 1.807) is 13.0 Å². The minimum Gasteiger partial charge on any atom is -0.393 e. The lowest BCUT2D eigenvalue weighted by Crippen LogP contribution is -2.37. The van der Waals surface area contributed by atoms with E-state index < -0.39 is 0 Å². The minimum atomic E-state index is -0.221. The number of nitrogens with zero attached hydrogens (tertiary/aromatic N) is 1. The van der Waals surface area contributed by atoms with Crippen molar-refractivity contribution < 1.29 is 14.3 Å². The molecule has 1 aliphatic heterocycles. The van der Waals surface area contributed by atoms with E-state index in [-0.39, 0.29) is 23.7 Å². The van der Waals surface area contributed by atoms with Gasteiger partial charge in [-0.05, 0) is 68.6 Å². The fraction of sp³-hybridized carbons (Fsp3) is 0.632. The molecule has 1 unspecified atom stereocenters. The number of aliphatic hydroxyl groups is 1.